The zero-order chi connectivity index (χ0) is 19.4. The number of aromatic nitrogens is 1. The molecule has 0 saturated heterocycles. The Kier molecular flexibility index (Phi) is 5.76. The third-order valence-electron chi connectivity index (χ3n) is 4.21. The number of benzene rings is 2. The number of anilines is 2. The average molecular weight is 382 g/mol. The highest BCUT2D eigenvalue weighted by Gasteiger charge is 2.16. The van der Waals surface area contributed by atoms with Gasteiger partial charge < -0.3 is 15.2 Å². The summed E-state index contributed by atoms with van der Waals surface area (Å²) in [6.07, 6.45) is -0.0507. The molecule has 3 aromatic rings. The second-order valence-corrected chi connectivity index (χ2v) is 7.33. The van der Waals surface area contributed by atoms with Crippen molar-refractivity contribution in [1.82, 2.24) is 4.98 Å². The van der Waals surface area contributed by atoms with Crippen LogP contribution in [0.3, 0.4) is 0 Å². The molecule has 0 saturated carbocycles. The summed E-state index contributed by atoms with van der Waals surface area (Å²) < 4.78 is 5.45. The highest BCUT2D eigenvalue weighted by Crippen LogP contribution is 2.34. The Balaban J connectivity index is 1.91. The molecule has 6 heteroatoms. The van der Waals surface area contributed by atoms with E-state index in [1.54, 1.807) is 0 Å². The summed E-state index contributed by atoms with van der Waals surface area (Å²) in [5, 5.41) is 13.2. The molecule has 5 nitrogen and oxygen atoms in total. The molecule has 2 N–H and O–H groups in total. The first kappa shape index (κ1) is 18.9. The highest BCUT2D eigenvalue weighted by atomic mass is 32.1. The Bertz CT molecular complexity index is 949. The summed E-state index contributed by atoms with van der Waals surface area (Å²) in [6, 6.07) is 13.7. The molecule has 27 heavy (non-hydrogen) atoms. The van der Waals surface area contributed by atoms with Crippen LogP contribution in [0.5, 0.6) is 5.75 Å². The third kappa shape index (κ3) is 4.65. The predicted octanol–water partition coefficient (Wildman–Crippen LogP) is 5.20. The lowest BCUT2D eigenvalue weighted by Gasteiger charge is -2.06. The van der Waals surface area contributed by atoms with E-state index < -0.39 is 5.97 Å². The zero-order valence-electron chi connectivity index (χ0n) is 15.6. The molecule has 0 fully saturated rings. The van der Waals surface area contributed by atoms with Crippen LogP contribution >= 0.6 is 11.3 Å². The number of carboxylic acids is 1. The fraction of sp³-hybridized carbons (Fsp3) is 0.238. The lowest BCUT2D eigenvalue weighted by molar-refractivity contribution is -0.136. The van der Waals surface area contributed by atoms with Crippen LogP contribution in [-0.4, -0.2) is 22.7 Å². The SMILES string of the molecule is CCOc1ccc(Nc2nc(-c3ccc(C)c(C)c3)c(CC(=O)O)s2)cc1. The standard InChI is InChI=1S/C21H22N2O3S/c1-4-26-17-9-7-16(8-10-17)22-21-23-20(18(27-21)12-19(24)25)15-6-5-13(2)14(3)11-15/h5-11H,4,12H2,1-3H3,(H,22,23)(H,24,25). The van der Waals surface area contributed by atoms with Gasteiger partial charge in [-0.3, -0.25) is 4.79 Å². The van der Waals surface area contributed by atoms with Crippen molar-refractivity contribution in [3.63, 3.8) is 0 Å². The summed E-state index contributed by atoms with van der Waals surface area (Å²) >= 11 is 1.37. The number of aliphatic carboxylic acids is 1. The number of rotatable bonds is 7. The van der Waals surface area contributed by atoms with Gasteiger partial charge in [0.15, 0.2) is 5.13 Å². The Morgan fingerprint density at radius 1 is 1.15 bits per heavy atom. The number of nitrogens with one attached hydrogen (secondary N) is 1. The molecule has 3 rings (SSSR count). The van der Waals surface area contributed by atoms with Gasteiger partial charge in [-0.2, -0.15) is 0 Å². The number of hydrogen-bond donors (Lipinski definition) is 2. The van der Waals surface area contributed by atoms with Gasteiger partial charge in [-0.25, -0.2) is 4.98 Å². The summed E-state index contributed by atoms with van der Waals surface area (Å²) in [4.78, 5) is 16.7. The molecule has 0 radical (unpaired) electrons. The topological polar surface area (TPSA) is 71.5 Å². The molecule has 140 valence electrons. The molecule has 0 unspecified atom stereocenters. The second-order valence-electron chi connectivity index (χ2n) is 6.24. The van der Waals surface area contributed by atoms with E-state index in [0.29, 0.717) is 11.7 Å². The van der Waals surface area contributed by atoms with Crippen LogP contribution in [0.4, 0.5) is 10.8 Å². The predicted molar refractivity (Wildman–Crippen MR) is 109 cm³/mol. The first-order valence-electron chi connectivity index (χ1n) is 8.75. The maximum atomic E-state index is 11.3. The van der Waals surface area contributed by atoms with Crippen LogP contribution in [0, 0.1) is 13.8 Å². The molecule has 2 aromatic carbocycles. The third-order valence-corrected chi connectivity index (χ3v) is 5.18. The van der Waals surface area contributed by atoms with Gasteiger partial charge in [0.2, 0.25) is 0 Å². The number of hydrogen-bond acceptors (Lipinski definition) is 5. The van der Waals surface area contributed by atoms with Crippen molar-refractivity contribution >= 4 is 28.1 Å². The van der Waals surface area contributed by atoms with Gasteiger partial charge in [0.25, 0.3) is 0 Å². The molecule has 0 amide bonds. The van der Waals surface area contributed by atoms with Crippen LogP contribution in [0.1, 0.15) is 22.9 Å². The Morgan fingerprint density at radius 2 is 1.89 bits per heavy atom. The van der Waals surface area contributed by atoms with Crippen molar-refractivity contribution in [2.24, 2.45) is 0 Å². The quantitative estimate of drug-likeness (QED) is 0.588. The van der Waals surface area contributed by atoms with Crippen molar-refractivity contribution in [2.75, 3.05) is 11.9 Å². The van der Waals surface area contributed by atoms with Gasteiger partial charge in [0, 0.05) is 16.1 Å². The minimum absolute atomic E-state index is 0.0507. The molecule has 0 atom stereocenters. The van der Waals surface area contributed by atoms with Gasteiger partial charge in [-0.1, -0.05) is 12.1 Å². The van der Waals surface area contributed by atoms with E-state index >= 15 is 0 Å². The van der Waals surface area contributed by atoms with Gasteiger partial charge in [0.05, 0.1) is 18.7 Å². The van der Waals surface area contributed by atoms with Crippen molar-refractivity contribution in [3.8, 4) is 17.0 Å². The largest absolute Gasteiger partial charge is 0.494 e. The molecular weight excluding hydrogens is 360 g/mol. The molecule has 1 heterocycles. The normalized spacial score (nSPS) is 10.6. The minimum Gasteiger partial charge on any atom is -0.494 e. The van der Waals surface area contributed by atoms with Crippen molar-refractivity contribution in [2.45, 2.75) is 27.2 Å². The van der Waals surface area contributed by atoms with Crippen molar-refractivity contribution in [3.05, 3.63) is 58.5 Å². The Hall–Kier alpha value is -2.86. The zero-order valence-corrected chi connectivity index (χ0v) is 16.4. The van der Waals surface area contributed by atoms with Crippen LogP contribution in [-0.2, 0) is 11.2 Å². The van der Waals surface area contributed by atoms with E-state index in [1.165, 1.54) is 16.9 Å². The van der Waals surface area contributed by atoms with E-state index in [0.717, 1.165) is 33.1 Å². The van der Waals surface area contributed by atoms with Crippen molar-refractivity contribution < 1.29 is 14.6 Å². The van der Waals surface area contributed by atoms with E-state index in [2.05, 4.69) is 23.3 Å². The van der Waals surface area contributed by atoms with Crippen LogP contribution in [0.15, 0.2) is 42.5 Å². The molecule has 0 bridgehead atoms. The number of carboxylic acid groups (broad SMARTS) is 1. The van der Waals surface area contributed by atoms with E-state index in [9.17, 15) is 9.90 Å². The summed E-state index contributed by atoms with van der Waals surface area (Å²) in [6.45, 7) is 6.66. The molecule has 1 aromatic heterocycles. The Labute approximate surface area is 162 Å². The highest BCUT2D eigenvalue weighted by molar-refractivity contribution is 7.16. The minimum atomic E-state index is -0.864. The van der Waals surface area contributed by atoms with Gasteiger partial charge >= 0.3 is 5.97 Å². The molecule has 0 aliphatic heterocycles. The fourth-order valence-electron chi connectivity index (χ4n) is 2.70. The van der Waals surface area contributed by atoms with E-state index in [-0.39, 0.29) is 6.42 Å². The fourth-order valence-corrected chi connectivity index (χ4v) is 3.70. The smallest absolute Gasteiger partial charge is 0.308 e. The van der Waals surface area contributed by atoms with Crippen LogP contribution < -0.4 is 10.1 Å². The van der Waals surface area contributed by atoms with E-state index in [4.69, 9.17) is 4.74 Å². The number of carbonyl (C=O) groups is 1. The summed E-state index contributed by atoms with van der Waals surface area (Å²) in [5.41, 5.74) is 4.88. The van der Waals surface area contributed by atoms with E-state index in [1.807, 2.05) is 50.2 Å². The monoisotopic (exact) mass is 382 g/mol. The van der Waals surface area contributed by atoms with Gasteiger partial charge in [-0.05, 0) is 62.2 Å². The van der Waals surface area contributed by atoms with Crippen LogP contribution in [0.25, 0.3) is 11.3 Å². The number of aryl methyl sites for hydroxylation is 2. The number of nitrogens with zero attached hydrogens (tertiary/aromatic N) is 1. The first-order chi connectivity index (χ1) is 13.0. The maximum Gasteiger partial charge on any atom is 0.308 e. The van der Waals surface area contributed by atoms with Crippen LogP contribution in [0.2, 0.25) is 0 Å². The number of thiazole rings is 1. The molecular formula is C21H22N2O3S. The Morgan fingerprint density at radius 3 is 2.52 bits per heavy atom. The molecule has 0 spiro atoms. The lowest BCUT2D eigenvalue weighted by Crippen LogP contribution is -1.99. The number of ether oxygens (including phenoxy) is 1. The van der Waals surface area contributed by atoms with Gasteiger partial charge in [-0.15, -0.1) is 11.3 Å². The second kappa shape index (κ2) is 8.22. The van der Waals surface area contributed by atoms with Crippen molar-refractivity contribution in [1.29, 1.82) is 0 Å². The molecule has 0 aliphatic rings. The van der Waals surface area contributed by atoms with Gasteiger partial charge in [0.1, 0.15) is 5.75 Å². The first-order valence-corrected chi connectivity index (χ1v) is 9.57. The summed E-state index contributed by atoms with van der Waals surface area (Å²) in [5.74, 6) is -0.0547. The molecule has 0 aliphatic carbocycles. The summed E-state index contributed by atoms with van der Waals surface area (Å²) in [7, 11) is 0. The average Bonchev–Trinajstić information content (AvgIpc) is 3.01. The lowest BCUT2D eigenvalue weighted by atomic mass is 10.0. The maximum absolute atomic E-state index is 11.3.